The number of nitrogens with two attached hydrogens (primary N) is 1. The van der Waals surface area contributed by atoms with Crippen LogP contribution in [-0.4, -0.2) is 12.3 Å². The summed E-state index contributed by atoms with van der Waals surface area (Å²) in [5.41, 5.74) is 9.25. The van der Waals surface area contributed by atoms with Crippen LogP contribution in [0.1, 0.15) is 37.9 Å². The van der Waals surface area contributed by atoms with Crippen LogP contribution in [0.25, 0.3) is 0 Å². The minimum Gasteiger partial charge on any atom is -0.328 e. The Bertz CT molecular complexity index is 329. The Morgan fingerprint density at radius 1 is 1.29 bits per heavy atom. The summed E-state index contributed by atoms with van der Waals surface area (Å²) in [6, 6.07) is 8.48. The number of nitrogens with zero attached hydrogens (tertiary/aromatic N) is 1. The summed E-state index contributed by atoms with van der Waals surface area (Å²) in [4.78, 5) is 4.47. The molecule has 1 unspecified atom stereocenters. The Morgan fingerprint density at radius 3 is 2.57 bits per heavy atom. The van der Waals surface area contributed by atoms with E-state index in [2.05, 4.69) is 17.1 Å². The average Bonchev–Trinajstić information content (AvgIpc) is 2.59. The van der Waals surface area contributed by atoms with Crippen molar-refractivity contribution in [3.05, 3.63) is 35.4 Å². The van der Waals surface area contributed by atoms with Gasteiger partial charge in [0.15, 0.2) is 0 Å². The van der Waals surface area contributed by atoms with Crippen LogP contribution < -0.4 is 5.73 Å². The van der Waals surface area contributed by atoms with Crippen molar-refractivity contribution in [1.29, 1.82) is 0 Å². The minimum absolute atomic E-state index is 0.196. The Morgan fingerprint density at radius 2 is 1.93 bits per heavy atom. The van der Waals surface area contributed by atoms with Crippen LogP contribution in [0.3, 0.4) is 0 Å². The molecule has 76 valence electrons. The normalized spacial score (nSPS) is 18.0. The molecule has 2 nitrogen and oxygen atoms in total. The molecule has 0 bridgehead atoms. The van der Waals surface area contributed by atoms with E-state index in [-0.39, 0.29) is 6.04 Å². The monoisotopic (exact) mass is 190 g/mol. The van der Waals surface area contributed by atoms with Gasteiger partial charge < -0.3 is 5.73 Å². The van der Waals surface area contributed by atoms with Crippen molar-refractivity contribution < 1.29 is 0 Å². The molecule has 2 rings (SSSR count). The fraction of sp³-hybridized carbons (Fsp3) is 0.417. The van der Waals surface area contributed by atoms with E-state index in [0.717, 1.165) is 5.71 Å². The molecule has 0 spiro atoms. The first-order valence-corrected chi connectivity index (χ1v) is 5.16. The van der Waals surface area contributed by atoms with Crippen molar-refractivity contribution in [2.24, 2.45) is 10.7 Å². The molecule has 14 heavy (non-hydrogen) atoms. The molecular weight excluding hydrogens is 172 g/mol. The van der Waals surface area contributed by atoms with Crippen LogP contribution in [0.4, 0.5) is 0 Å². The molecule has 1 aliphatic heterocycles. The van der Waals surface area contributed by atoms with Crippen LogP contribution in [0.5, 0.6) is 0 Å². The maximum atomic E-state index is 5.60. The molecule has 1 aromatic carbocycles. The van der Waals surface area contributed by atoms with Crippen molar-refractivity contribution >= 4 is 5.71 Å². The molecule has 1 atom stereocenters. The van der Waals surface area contributed by atoms with Gasteiger partial charge in [0.1, 0.15) is 0 Å². The van der Waals surface area contributed by atoms with Gasteiger partial charge in [0.2, 0.25) is 0 Å². The van der Waals surface area contributed by atoms with E-state index in [4.69, 9.17) is 5.73 Å². The second-order valence-corrected chi connectivity index (χ2v) is 3.05. The number of aliphatic imine (C=N–C) groups is 1. The number of hydrogen-bond donors (Lipinski definition) is 1. The molecule has 0 fully saturated rings. The van der Waals surface area contributed by atoms with Crippen LogP contribution in [0.2, 0.25) is 0 Å². The van der Waals surface area contributed by atoms with Crippen molar-refractivity contribution in [1.82, 2.24) is 0 Å². The quantitative estimate of drug-likeness (QED) is 0.726. The summed E-state index contributed by atoms with van der Waals surface area (Å²) >= 11 is 0. The predicted octanol–water partition coefficient (Wildman–Crippen LogP) is 2.54. The van der Waals surface area contributed by atoms with Gasteiger partial charge in [-0.15, -0.1) is 0 Å². The summed E-state index contributed by atoms with van der Waals surface area (Å²) in [7, 11) is 0. The Balaban J connectivity index is 0.000000461. The van der Waals surface area contributed by atoms with E-state index in [9.17, 15) is 0 Å². The zero-order chi connectivity index (χ0) is 10.6. The van der Waals surface area contributed by atoms with E-state index < -0.39 is 0 Å². The smallest absolute Gasteiger partial charge is 0.0880 e. The highest BCUT2D eigenvalue weighted by atomic mass is 14.9. The lowest BCUT2D eigenvalue weighted by Gasteiger charge is -2.04. The lowest BCUT2D eigenvalue weighted by molar-refractivity contribution is 0.755. The van der Waals surface area contributed by atoms with Crippen molar-refractivity contribution in [3.63, 3.8) is 0 Å². The topological polar surface area (TPSA) is 38.4 Å². The van der Waals surface area contributed by atoms with Gasteiger partial charge in [-0.25, -0.2) is 0 Å². The van der Waals surface area contributed by atoms with Gasteiger partial charge in [-0.1, -0.05) is 38.1 Å². The molecule has 0 saturated carbocycles. The number of hydrogen-bond acceptors (Lipinski definition) is 2. The van der Waals surface area contributed by atoms with Gasteiger partial charge in [-0.2, -0.15) is 0 Å². The lowest BCUT2D eigenvalue weighted by atomic mass is 10.0. The first-order valence-electron chi connectivity index (χ1n) is 5.16. The minimum atomic E-state index is 0.196. The average molecular weight is 190 g/mol. The summed E-state index contributed by atoms with van der Waals surface area (Å²) < 4.78 is 0. The molecule has 2 heteroatoms. The molecule has 2 N–H and O–H groups in total. The van der Waals surface area contributed by atoms with Crippen molar-refractivity contribution in [2.75, 3.05) is 6.54 Å². The molecule has 1 aromatic rings. The highest BCUT2D eigenvalue weighted by Gasteiger charge is 2.19. The largest absolute Gasteiger partial charge is 0.328 e. The highest BCUT2D eigenvalue weighted by molar-refractivity contribution is 6.02. The second kappa shape index (κ2) is 4.91. The zero-order valence-electron chi connectivity index (χ0n) is 9.12. The SMILES string of the molecule is CC.CC1=NC(CN)c2ccccc21. The van der Waals surface area contributed by atoms with Crippen LogP contribution in [0, 0.1) is 0 Å². The van der Waals surface area contributed by atoms with Crippen molar-refractivity contribution in [2.45, 2.75) is 26.8 Å². The summed E-state index contributed by atoms with van der Waals surface area (Å²) in [6.45, 7) is 6.64. The van der Waals surface area contributed by atoms with Gasteiger partial charge in [-0.3, -0.25) is 4.99 Å². The third-order valence-corrected chi connectivity index (χ3v) is 2.28. The van der Waals surface area contributed by atoms with Gasteiger partial charge >= 0.3 is 0 Å². The van der Waals surface area contributed by atoms with Crippen LogP contribution in [-0.2, 0) is 0 Å². The van der Waals surface area contributed by atoms with Crippen LogP contribution in [0.15, 0.2) is 29.3 Å². The summed E-state index contributed by atoms with van der Waals surface area (Å²) in [5.74, 6) is 0. The lowest BCUT2D eigenvalue weighted by Crippen LogP contribution is -2.08. The Labute approximate surface area is 85.9 Å². The van der Waals surface area contributed by atoms with E-state index in [0.29, 0.717) is 6.54 Å². The molecule has 0 radical (unpaired) electrons. The van der Waals surface area contributed by atoms with E-state index in [1.807, 2.05) is 32.9 Å². The van der Waals surface area contributed by atoms with E-state index >= 15 is 0 Å². The number of fused-ring (bicyclic) bond motifs is 1. The summed E-state index contributed by atoms with van der Waals surface area (Å²) in [6.07, 6.45) is 0. The first kappa shape index (κ1) is 10.9. The predicted molar refractivity (Wildman–Crippen MR) is 61.8 cm³/mol. The molecule has 0 aliphatic carbocycles. The molecule has 0 aromatic heterocycles. The second-order valence-electron chi connectivity index (χ2n) is 3.05. The maximum absolute atomic E-state index is 5.60. The van der Waals surface area contributed by atoms with Crippen molar-refractivity contribution in [3.8, 4) is 0 Å². The molecule has 1 heterocycles. The van der Waals surface area contributed by atoms with E-state index in [1.165, 1.54) is 11.1 Å². The Kier molecular flexibility index (Phi) is 3.84. The fourth-order valence-electron chi connectivity index (χ4n) is 1.67. The van der Waals surface area contributed by atoms with Gasteiger partial charge in [0, 0.05) is 17.8 Å². The maximum Gasteiger partial charge on any atom is 0.0880 e. The number of benzene rings is 1. The molecule has 0 saturated heterocycles. The summed E-state index contributed by atoms with van der Waals surface area (Å²) in [5, 5.41) is 0. The third-order valence-electron chi connectivity index (χ3n) is 2.28. The van der Waals surface area contributed by atoms with Gasteiger partial charge in [0.25, 0.3) is 0 Å². The fourth-order valence-corrected chi connectivity index (χ4v) is 1.67. The molecule has 0 amide bonds. The van der Waals surface area contributed by atoms with E-state index in [1.54, 1.807) is 0 Å². The molecule has 1 aliphatic rings. The number of rotatable bonds is 1. The van der Waals surface area contributed by atoms with Gasteiger partial charge in [0.05, 0.1) is 6.04 Å². The third kappa shape index (κ3) is 1.85. The zero-order valence-corrected chi connectivity index (χ0v) is 9.12. The van der Waals surface area contributed by atoms with Crippen LogP contribution >= 0.6 is 0 Å². The molecular formula is C12H18N2. The highest BCUT2D eigenvalue weighted by Crippen LogP contribution is 2.27. The Hall–Kier alpha value is -1.15. The standard InChI is InChI=1S/C10H12N2.C2H6/c1-7-8-4-2-3-5-9(8)10(6-11)12-7;1-2/h2-5,10H,6,11H2,1H3;1-2H3. The van der Waals surface area contributed by atoms with Gasteiger partial charge in [-0.05, 0) is 12.5 Å². The first-order chi connectivity index (χ1) is 6.83.